The van der Waals surface area contributed by atoms with Gasteiger partial charge in [-0.25, -0.2) is 4.98 Å². The second-order valence-electron chi connectivity index (χ2n) is 18.4. The molecule has 0 bridgehead atoms. The van der Waals surface area contributed by atoms with Crippen molar-refractivity contribution >= 4 is 35.3 Å². The zero-order chi connectivity index (χ0) is 38.7. The molecule has 0 saturated heterocycles. The maximum Gasteiger partial charge on any atom is 0.216 e. The van der Waals surface area contributed by atoms with E-state index in [0.29, 0.717) is 33.6 Å². The summed E-state index contributed by atoms with van der Waals surface area (Å²) in [6.45, 7) is 16.1. The molecule has 4 aromatic heterocycles. The van der Waals surface area contributed by atoms with Gasteiger partial charge in [-0.2, -0.15) is 0 Å². The fraction of sp³-hybridized carbons (Fsp3) is 0.449. The summed E-state index contributed by atoms with van der Waals surface area (Å²) in [6.07, 6.45) is 19.4. The molecule has 8 rings (SSSR count). The van der Waals surface area contributed by atoms with Gasteiger partial charge in [0.1, 0.15) is 0 Å². The molecule has 0 amide bonds. The van der Waals surface area contributed by atoms with Crippen molar-refractivity contribution in [2.24, 2.45) is 11.3 Å². The van der Waals surface area contributed by atoms with Gasteiger partial charge in [-0.15, -0.1) is 48.0 Å². The van der Waals surface area contributed by atoms with Gasteiger partial charge in [-0.05, 0) is 83.6 Å². The molecule has 1 radical (unpaired) electrons. The molecule has 6 aromatic rings. The van der Waals surface area contributed by atoms with Crippen LogP contribution in [-0.4, -0.2) is 23.0 Å². The SMILES string of the molecule is C[Si](C)(C)c1cnc(-c2[c-]cccc2)cc1CC1CCCCC1.Cc1cnc(-c2[c-]cc(F)c3c2oc2nc(C4CCCCC4)ccc23)cc1CC(C)(C)C.[Ir]. The van der Waals surface area contributed by atoms with E-state index in [1.54, 1.807) is 10.8 Å². The number of hydrogen-bond acceptors (Lipinski definition) is 4. The summed E-state index contributed by atoms with van der Waals surface area (Å²) >= 11 is 0. The van der Waals surface area contributed by atoms with Crippen LogP contribution in [0.1, 0.15) is 113 Å². The fourth-order valence-electron chi connectivity index (χ4n) is 8.70. The monoisotopic (exact) mass is 944 g/mol. The molecule has 0 aliphatic heterocycles. The molecule has 2 aliphatic carbocycles. The molecule has 0 unspecified atom stereocenters. The molecule has 2 aromatic carbocycles. The first-order valence-corrected chi connectivity index (χ1v) is 24.2. The second-order valence-corrected chi connectivity index (χ2v) is 23.5. The molecular weight excluding hydrogens is 886 g/mol. The van der Waals surface area contributed by atoms with Crippen molar-refractivity contribution < 1.29 is 28.9 Å². The summed E-state index contributed by atoms with van der Waals surface area (Å²) in [5.74, 6) is 1.00. The molecule has 56 heavy (non-hydrogen) atoms. The number of nitrogens with zero attached hydrogens (tertiary/aromatic N) is 3. The predicted octanol–water partition coefficient (Wildman–Crippen LogP) is 13.1. The summed E-state index contributed by atoms with van der Waals surface area (Å²) in [6, 6.07) is 24.5. The number of hydrogen-bond donors (Lipinski definition) is 0. The first-order chi connectivity index (χ1) is 26.3. The molecule has 2 saturated carbocycles. The Morgan fingerprint density at radius 2 is 1.54 bits per heavy atom. The third-order valence-corrected chi connectivity index (χ3v) is 13.7. The molecule has 4 nitrogen and oxygen atoms in total. The molecular formula is C49H58FIrN3OSi-2. The van der Waals surface area contributed by atoms with E-state index >= 15 is 0 Å². The zero-order valence-electron chi connectivity index (χ0n) is 34.5. The van der Waals surface area contributed by atoms with Crippen LogP contribution in [0.25, 0.3) is 44.6 Å². The van der Waals surface area contributed by atoms with Gasteiger partial charge < -0.3 is 14.4 Å². The summed E-state index contributed by atoms with van der Waals surface area (Å²) in [4.78, 5) is 14.2. The van der Waals surface area contributed by atoms with Crippen molar-refractivity contribution in [3.8, 4) is 22.5 Å². The van der Waals surface area contributed by atoms with Crippen molar-refractivity contribution in [3.05, 3.63) is 107 Å². The van der Waals surface area contributed by atoms with Crippen LogP contribution in [0, 0.1) is 36.2 Å². The van der Waals surface area contributed by atoms with Crippen molar-refractivity contribution in [3.63, 3.8) is 0 Å². The van der Waals surface area contributed by atoms with Gasteiger partial charge in [0.2, 0.25) is 5.71 Å². The standard InChI is InChI=1S/C28H30FN2O.C21H28NSi.Ir/c1-17-16-30-24(14-19(17)15-28(2,3)4)20-10-12-22(29)25-21-11-13-23(18-8-6-5-7-9-18)31-27(21)32-26(20)25;1-23(2,3)21-16-22-20(18-12-8-5-9-13-18)15-19(21)14-17-10-6-4-7-11-17;/h11-14,16,18H,5-9,15H2,1-4H3;5,8-9,12,15-17H,4,6-7,10-11,14H2,1-3H3;/q2*-1;. The third-order valence-electron chi connectivity index (χ3n) is 11.6. The number of aryl methyl sites for hydroxylation is 1. The van der Waals surface area contributed by atoms with Crippen molar-refractivity contribution in [1.29, 1.82) is 0 Å². The van der Waals surface area contributed by atoms with E-state index in [4.69, 9.17) is 14.4 Å². The predicted molar refractivity (Wildman–Crippen MR) is 229 cm³/mol. The van der Waals surface area contributed by atoms with Crippen LogP contribution in [0.5, 0.6) is 0 Å². The average Bonchev–Trinajstić information content (AvgIpc) is 3.56. The summed E-state index contributed by atoms with van der Waals surface area (Å²) in [5, 5.41) is 2.73. The Kier molecular flexibility index (Phi) is 13.5. The number of aromatic nitrogens is 3. The van der Waals surface area contributed by atoms with Crippen molar-refractivity contribution in [1.82, 2.24) is 15.0 Å². The van der Waals surface area contributed by atoms with Gasteiger partial charge >= 0.3 is 0 Å². The van der Waals surface area contributed by atoms with E-state index in [1.165, 1.54) is 69.4 Å². The molecule has 297 valence electrons. The molecule has 2 fully saturated rings. The van der Waals surface area contributed by atoms with Crippen LogP contribution in [0.3, 0.4) is 0 Å². The maximum atomic E-state index is 14.9. The van der Waals surface area contributed by atoms with E-state index in [-0.39, 0.29) is 31.3 Å². The molecule has 7 heteroatoms. The second kappa shape index (κ2) is 18.0. The van der Waals surface area contributed by atoms with Gasteiger partial charge in [-0.3, -0.25) is 4.39 Å². The van der Waals surface area contributed by atoms with E-state index in [0.717, 1.165) is 53.4 Å². The van der Waals surface area contributed by atoms with E-state index in [1.807, 2.05) is 24.4 Å². The van der Waals surface area contributed by atoms with E-state index < -0.39 is 8.07 Å². The number of halogens is 1. The number of fused-ring (bicyclic) bond motifs is 3. The van der Waals surface area contributed by atoms with Crippen molar-refractivity contribution in [2.75, 3.05) is 0 Å². The van der Waals surface area contributed by atoms with Crippen LogP contribution in [0.4, 0.5) is 4.39 Å². The minimum Gasteiger partial charge on any atom is -0.486 e. The number of furan rings is 1. The van der Waals surface area contributed by atoms with Gasteiger partial charge in [0.25, 0.3) is 0 Å². The maximum absolute atomic E-state index is 14.9. The Hall–Kier alpha value is -3.51. The Morgan fingerprint density at radius 3 is 2.21 bits per heavy atom. The summed E-state index contributed by atoms with van der Waals surface area (Å²) < 4.78 is 21.1. The quantitative estimate of drug-likeness (QED) is 0.118. The van der Waals surface area contributed by atoms with Crippen LogP contribution in [0.2, 0.25) is 19.6 Å². The average molecular weight is 944 g/mol. The number of pyridine rings is 3. The molecule has 0 N–H and O–H groups in total. The van der Waals surface area contributed by atoms with Gasteiger partial charge in [0, 0.05) is 55.3 Å². The molecule has 0 spiro atoms. The molecule has 0 atom stereocenters. The fourth-order valence-corrected chi connectivity index (χ4v) is 10.3. The van der Waals surface area contributed by atoms with Crippen LogP contribution in [-0.2, 0) is 32.9 Å². The number of rotatable bonds is 7. The van der Waals surface area contributed by atoms with Crippen molar-refractivity contribution in [2.45, 2.75) is 130 Å². The normalized spacial score (nSPS) is 15.7. The first-order valence-electron chi connectivity index (χ1n) is 20.7. The van der Waals surface area contributed by atoms with Gasteiger partial charge in [0.05, 0.1) is 13.7 Å². The number of benzene rings is 2. The molecule has 2 aliphatic rings. The Labute approximate surface area is 348 Å². The Balaban J connectivity index is 0.000000197. The largest absolute Gasteiger partial charge is 0.486 e. The van der Waals surface area contributed by atoms with E-state index in [2.05, 4.69) is 101 Å². The van der Waals surface area contributed by atoms with Crippen LogP contribution >= 0.6 is 0 Å². The Bertz CT molecular complexity index is 2240. The summed E-state index contributed by atoms with van der Waals surface area (Å²) in [5.41, 5.74) is 9.78. The minimum absolute atomic E-state index is 0. The Morgan fingerprint density at radius 1 is 0.839 bits per heavy atom. The van der Waals surface area contributed by atoms with Gasteiger partial charge in [0.15, 0.2) is 0 Å². The van der Waals surface area contributed by atoms with E-state index in [9.17, 15) is 4.39 Å². The third kappa shape index (κ3) is 9.95. The van der Waals surface area contributed by atoms with Gasteiger partial charge in [-0.1, -0.05) is 121 Å². The smallest absolute Gasteiger partial charge is 0.216 e. The zero-order valence-corrected chi connectivity index (χ0v) is 37.8. The first kappa shape index (κ1) is 42.1. The molecule has 4 heterocycles. The minimum atomic E-state index is -1.36. The summed E-state index contributed by atoms with van der Waals surface area (Å²) in [7, 11) is -1.36. The van der Waals surface area contributed by atoms with Crippen LogP contribution < -0.4 is 5.19 Å². The topological polar surface area (TPSA) is 51.8 Å². The van der Waals surface area contributed by atoms with Crippen LogP contribution in [0.15, 0.2) is 71.4 Å².